The Bertz CT molecular complexity index is 660. The summed E-state index contributed by atoms with van der Waals surface area (Å²) in [7, 11) is 0. The molecule has 0 radical (unpaired) electrons. The number of nitrogens with one attached hydrogen (secondary N) is 1. The highest BCUT2D eigenvalue weighted by Crippen LogP contribution is 2.18. The zero-order valence-corrected chi connectivity index (χ0v) is 14.0. The average molecular weight is 334 g/mol. The number of para-hydroxylation sites is 1. The van der Waals surface area contributed by atoms with E-state index in [1.807, 2.05) is 31.2 Å². The number of carbonyl (C=O) groups is 1. The Hall–Kier alpha value is -2.20. The summed E-state index contributed by atoms with van der Waals surface area (Å²) in [6, 6.07) is 14.7. The van der Waals surface area contributed by atoms with Gasteiger partial charge < -0.3 is 14.8 Å². The lowest BCUT2D eigenvalue weighted by Gasteiger charge is -2.15. The topological polar surface area (TPSA) is 47.6 Å². The van der Waals surface area contributed by atoms with Gasteiger partial charge in [0.15, 0.2) is 6.10 Å². The molecule has 2 aromatic rings. The van der Waals surface area contributed by atoms with Crippen molar-refractivity contribution in [1.29, 1.82) is 0 Å². The van der Waals surface area contributed by atoms with Crippen LogP contribution in [0.2, 0.25) is 5.02 Å². The predicted molar refractivity (Wildman–Crippen MR) is 91.2 cm³/mol. The average Bonchev–Trinajstić information content (AvgIpc) is 2.53. The largest absolute Gasteiger partial charge is 0.491 e. The molecule has 0 fully saturated rings. The lowest BCUT2D eigenvalue weighted by Crippen LogP contribution is -2.38. The van der Waals surface area contributed by atoms with Gasteiger partial charge in [-0.25, -0.2) is 0 Å². The molecule has 0 saturated carbocycles. The minimum atomic E-state index is -0.605. The van der Waals surface area contributed by atoms with Crippen molar-refractivity contribution in [3.8, 4) is 11.5 Å². The first-order valence-electron chi connectivity index (χ1n) is 7.44. The van der Waals surface area contributed by atoms with E-state index in [0.717, 1.165) is 11.3 Å². The minimum Gasteiger partial charge on any atom is -0.491 e. The zero-order chi connectivity index (χ0) is 16.7. The summed E-state index contributed by atoms with van der Waals surface area (Å²) >= 11 is 5.88. The van der Waals surface area contributed by atoms with Crippen molar-refractivity contribution in [3.63, 3.8) is 0 Å². The fourth-order valence-corrected chi connectivity index (χ4v) is 2.18. The molecule has 2 rings (SSSR count). The van der Waals surface area contributed by atoms with E-state index in [0.29, 0.717) is 23.9 Å². The van der Waals surface area contributed by atoms with Gasteiger partial charge in [-0.1, -0.05) is 35.9 Å². The number of hydrogen-bond donors (Lipinski definition) is 1. The van der Waals surface area contributed by atoms with Crippen LogP contribution in [0.4, 0.5) is 0 Å². The van der Waals surface area contributed by atoms with E-state index in [1.165, 1.54) is 0 Å². The van der Waals surface area contributed by atoms with Crippen LogP contribution in [-0.4, -0.2) is 25.2 Å². The highest BCUT2D eigenvalue weighted by molar-refractivity contribution is 6.30. The molecule has 0 aromatic heterocycles. The van der Waals surface area contributed by atoms with E-state index in [-0.39, 0.29) is 5.91 Å². The second-order valence-electron chi connectivity index (χ2n) is 5.12. The van der Waals surface area contributed by atoms with Crippen LogP contribution in [0, 0.1) is 6.92 Å². The van der Waals surface area contributed by atoms with Gasteiger partial charge in [-0.05, 0) is 43.7 Å². The van der Waals surface area contributed by atoms with E-state index in [1.54, 1.807) is 31.2 Å². The van der Waals surface area contributed by atoms with Gasteiger partial charge in [0, 0.05) is 5.02 Å². The van der Waals surface area contributed by atoms with Crippen LogP contribution in [0.3, 0.4) is 0 Å². The summed E-state index contributed by atoms with van der Waals surface area (Å²) in [6.45, 7) is 4.49. The number of halogens is 1. The number of aryl methyl sites for hydroxylation is 1. The number of carbonyl (C=O) groups excluding carboxylic acids is 1. The van der Waals surface area contributed by atoms with Gasteiger partial charge in [-0.3, -0.25) is 4.79 Å². The zero-order valence-electron chi connectivity index (χ0n) is 13.2. The molecule has 1 N–H and O–H groups in total. The molecule has 5 heteroatoms. The van der Waals surface area contributed by atoms with Gasteiger partial charge in [0.25, 0.3) is 5.91 Å². The van der Waals surface area contributed by atoms with Gasteiger partial charge in [-0.2, -0.15) is 0 Å². The molecule has 23 heavy (non-hydrogen) atoms. The molecular formula is C18H20ClNO3. The molecule has 4 nitrogen and oxygen atoms in total. The molecule has 1 atom stereocenters. The maximum Gasteiger partial charge on any atom is 0.260 e. The third-order valence-electron chi connectivity index (χ3n) is 3.23. The van der Waals surface area contributed by atoms with Crippen LogP contribution < -0.4 is 14.8 Å². The van der Waals surface area contributed by atoms with E-state index < -0.39 is 6.10 Å². The van der Waals surface area contributed by atoms with Crippen molar-refractivity contribution in [1.82, 2.24) is 5.32 Å². The number of amides is 1. The van der Waals surface area contributed by atoms with Crippen molar-refractivity contribution in [3.05, 3.63) is 59.1 Å². The van der Waals surface area contributed by atoms with Crippen LogP contribution in [0.5, 0.6) is 11.5 Å². The van der Waals surface area contributed by atoms with Crippen LogP contribution in [0.1, 0.15) is 12.5 Å². The standard InChI is InChI=1S/C18H20ClNO3/c1-13-6-3-4-9-17(13)22-11-10-20-18(21)14(2)23-16-8-5-7-15(19)12-16/h3-9,12,14H,10-11H2,1-2H3,(H,20,21)/t14-/m0/s1. The van der Waals surface area contributed by atoms with Crippen molar-refractivity contribution < 1.29 is 14.3 Å². The summed E-state index contributed by atoms with van der Waals surface area (Å²) in [5.74, 6) is 1.19. The van der Waals surface area contributed by atoms with E-state index in [2.05, 4.69) is 5.32 Å². The molecule has 1 amide bonds. The summed E-state index contributed by atoms with van der Waals surface area (Å²) in [6.07, 6.45) is -0.605. The molecule has 0 aliphatic rings. The highest BCUT2D eigenvalue weighted by Gasteiger charge is 2.14. The molecule has 2 aromatic carbocycles. The Morgan fingerprint density at radius 2 is 2.00 bits per heavy atom. The first kappa shape index (κ1) is 17.2. The highest BCUT2D eigenvalue weighted by atomic mass is 35.5. The molecule has 0 bridgehead atoms. The van der Waals surface area contributed by atoms with Gasteiger partial charge in [0.2, 0.25) is 0 Å². The summed E-state index contributed by atoms with van der Waals surface area (Å²) in [5.41, 5.74) is 1.07. The van der Waals surface area contributed by atoms with Crippen molar-refractivity contribution in [2.45, 2.75) is 20.0 Å². The summed E-state index contributed by atoms with van der Waals surface area (Å²) < 4.78 is 11.2. The van der Waals surface area contributed by atoms with Gasteiger partial charge >= 0.3 is 0 Å². The quantitative estimate of drug-likeness (QED) is 0.787. The Labute approximate surface area is 141 Å². The van der Waals surface area contributed by atoms with Crippen LogP contribution >= 0.6 is 11.6 Å². The monoisotopic (exact) mass is 333 g/mol. The molecule has 0 aliphatic heterocycles. The lowest BCUT2D eigenvalue weighted by atomic mass is 10.2. The number of hydrogen-bond acceptors (Lipinski definition) is 3. The van der Waals surface area contributed by atoms with Crippen molar-refractivity contribution in [2.24, 2.45) is 0 Å². The van der Waals surface area contributed by atoms with Crippen LogP contribution in [0.25, 0.3) is 0 Å². The van der Waals surface area contributed by atoms with Crippen LogP contribution in [0.15, 0.2) is 48.5 Å². The maximum atomic E-state index is 12.0. The van der Waals surface area contributed by atoms with Gasteiger partial charge in [0.1, 0.15) is 18.1 Å². The summed E-state index contributed by atoms with van der Waals surface area (Å²) in [5, 5.41) is 3.36. The van der Waals surface area contributed by atoms with Crippen molar-refractivity contribution >= 4 is 17.5 Å². The Morgan fingerprint density at radius 1 is 1.22 bits per heavy atom. The summed E-state index contributed by atoms with van der Waals surface area (Å²) in [4.78, 5) is 12.0. The SMILES string of the molecule is Cc1ccccc1OCCNC(=O)[C@H](C)Oc1cccc(Cl)c1. The number of benzene rings is 2. The van der Waals surface area contributed by atoms with E-state index in [9.17, 15) is 4.79 Å². The fraction of sp³-hybridized carbons (Fsp3) is 0.278. The smallest absolute Gasteiger partial charge is 0.260 e. The van der Waals surface area contributed by atoms with Crippen molar-refractivity contribution in [2.75, 3.05) is 13.2 Å². The predicted octanol–water partition coefficient (Wildman–Crippen LogP) is 3.61. The van der Waals surface area contributed by atoms with Gasteiger partial charge in [-0.15, -0.1) is 0 Å². The molecule has 0 spiro atoms. The minimum absolute atomic E-state index is 0.196. The molecule has 0 saturated heterocycles. The third kappa shape index (κ3) is 5.49. The Morgan fingerprint density at radius 3 is 2.74 bits per heavy atom. The number of rotatable bonds is 7. The van der Waals surface area contributed by atoms with E-state index in [4.69, 9.17) is 21.1 Å². The molecule has 122 valence electrons. The number of ether oxygens (including phenoxy) is 2. The second-order valence-corrected chi connectivity index (χ2v) is 5.56. The third-order valence-corrected chi connectivity index (χ3v) is 3.47. The Balaban J connectivity index is 1.73. The molecule has 0 heterocycles. The lowest BCUT2D eigenvalue weighted by molar-refractivity contribution is -0.127. The first-order valence-corrected chi connectivity index (χ1v) is 7.82. The van der Waals surface area contributed by atoms with E-state index >= 15 is 0 Å². The van der Waals surface area contributed by atoms with Gasteiger partial charge in [0.05, 0.1) is 6.54 Å². The first-order chi connectivity index (χ1) is 11.1. The molecule has 0 unspecified atom stereocenters. The molecule has 0 aliphatic carbocycles. The van der Waals surface area contributed by atoms with Crippen LogP contribution in [-0.2, 0) is 4.79 Å². The normalized spacial score (nSPS) is 11.6. The maximum absolute atomic E-state index is 12.0. The second kappa shape index (κ2) is 8.44. The Kier molecular flexibility index (Phi) is 6.29. The fourth-order valence-electron chi connectivity index (χ4n) is 2.00. The molecular weight excluding hydrogens is 314 g/mol.